The topological polar surface area (TPSA) is 95.0 Å². The summed E-state index contributed by atoms with van der Waals surface area (Å²) < 4.78 is 5.34. The summed E-state index contributed by atoms with van der Waals surface area (Å²) in [5.41, 5.74) is 1.44. The van der Waals surface area contributed by atoms with Crippen LogP contribution in [0.1, 0.15) is 50.7 Å². The number of aromatic nitrogens is 1. The third-order valence-electron chi connectivity index (χ3n) is 5.70. The number of amides is 3. The molecule has 3 amide bonds. The first-order valence-electron chi connectivity index (χ1n) is 10.4. The number of piperidine rings is 1. The molecule has 160 valence electrons. The number of likely N-dealkylation sites (tertiary alicyclic amines) is 1. The molecule has 0 spiro atoms. The highest BCUT2D eigenvalue weighted by molar-refractivity contribution is 5.75. The van der Waals surface area contributed by atoms with E-state index in [4.69, 9.17) is 4.74 Å². The summed E-state index contributed by atoms with van der Waals surface area (Å²) >= 11 is 0. The average molecular weight is 405 g/mol. The number of rotatable bonds is 6. The van der Waals surface area contributed by atoms with Gasteiger partial charge in [-0.15, -0.1) is 0 Å². The fourth-order valence-electron chi connectivity index (χ4n) is 3.80. The molecule has 0 atom stereocenters. The Labute approximate surface area is 172 Å². The number of fused-ring (bicyclic) bond motifs is 1. The van der Waals surface area contributed by atoms with Crippen molar-refractivity contribution in [1.29, 1.82) is 0 Å². The molecule has 8 heteroatoms. The molecular weight excluding hydrogens is 372 g/mol. The lowest BCUT2D eigenvalue weighted by Crippen LogP contribution is -2.43. The summed E-state index contributed by atoms with van der Waals surface area (Å²) in [5, 5.41) is 12.2. The number of aliphatic hydroxyl groups is 1. The molecule has 2 aliphatic heterocycles. The van der Waals surface area contributed by atoms with Crippen LogP contribution in [0.4, 0.5) is 9.59 Å². The lowest BCUT2D eigenvalue weighted by Gasteiger charge is -2.34. The normalized spacial score (nSPS) is 17.2. The number of carbonyl (C=O) groups is 2. The van der Waals surface area contributed by atoms with Crippen molar-refractivity contribution in [3.8, 4) is 0 Å². The highest BCUT2D eigenvalue weighted by Gasteiger charge is 2.28. The Bertz CT molecular complexity index is 691. The van der Waals surface area contributed by atoms with Crippen molar-refractivity contribution in [2.45, 2.75) is 58.2 Å². The van der Waals surface area contributed by atoms with E-state index in [-0.39, 0.29) is 18.7 Å². The molecule has 29 heavy (non-hydrogen) atoms. The molecule has 2 aliphatic rings. The van der Waals surface area contributed by atoms with Gasteiger partial charge in [0.2, 0.25) is 0 Å². The van der Waals surface area contributed by atoms with Gasteiger partial charge in [0.15, 0.2) is 0 Å². The Kier molecular flexibility index (Phi) is 6.95. The minimum absolute atomic E-state index is 0.0229. The van der Waals surface area contributed by atoms with Crippen LogP contribution in [0, 0.1) is 5.92 Å². The van der Waals surface area contributed by atoms with Crippen molar-refractivity contribution in [2.75, 3.05) is 26.2 Å². The number of aliphatic hydroxyl groups excluding tert-OH is 1. The zero-order valence-corrected chi connectivity index (χ0v) is 17.4. The molecule has 8 nitrogen and oxygen atoms in total. The number of nitrogens with zero attached hydrogens (tertiary/aromatic N) is 3. The highest BCUT2D eigenvalue weighted by Crippen LogP contribution is 2.24. The van der Waals surface area contributed by atoms with Crippen LogP contribution in [0.25, 0.3) is 0 Å². The molecular formula is C21H32N4O4. The van der Waals surface area contributed by atoms with Gasteiger partial charge < -0.3 is 25.0 Å². The Morgan fingerprint density at radius 1 is 1.24 bits per heavy atom. The standard InChI is InChI=1S/C21H32N4O4/c1-21(2,15-26)29-20(28)24-10-6-16(7-11-24)4-3-8-23-19(27)25-13-17-5-9-22-12-18(17)14-25/h5,9,12,16,26H,3-4,6-8,10-11,13-15H2,1-2H3,(H,23,27). The molecule has 1 saturated heterocycles. The van der Waals surface area contributed by atoms with E-state index < -0.39 is 5.60 Å². The minimum Gasteiger partial charge on any atom is -0.441 e. The summed E-state index contributed by atoms with van der Waals surface area (Å²) in [6, 6.07) is 1.94. The molecule has 2 N–H and O–H groups in total. The van der Waals surface area contributed by atoms with Crippen molar-refractivity contribution < 1.29 is 19.4 Å². The maximum Gasteiger partial charge on any atom is 0.410 e. The fourth-order valence-corrected chi connectivity index (χ4v) is 3.80. The van der Waals surface area contributed by atoms with Crippen molar-refractivity contribution in [2.24, 2.45) is 5.92 Å². The van der Waals surface area contributed by atoms with Crippen molar-refractivity contribution in [1.82, 2.24) is 20.1 Å². The molecule has 0 saturated carbocycles. The zero-order chi connectivity index (χ0) is 20.9. The first-order chi connectivity index (χ1) is 13.9. The summed E-state index contributed by atoms with van der Waals surface area (Å²) in [5.74, 6) is 0.559. The van der Waals surface area contributed by atoms with E-state index in [0.29, 0.717) is 38.6 Å². The Morgan fingerprint density at radius 3 is 2.66 bits per heavy atom. The van der Waals surface area contributed by atoms with Gasteiger partial charge in [0.05, 0.1) is 6.61 Å². The van der Waals surface area contributed by atoms with Gasteiger partial charge in [0, 0.05) is 45.1 Å². The Hall–Kier alpha value is -2.35. The third kappa shape index (κ3) is 5.82. The fraction of sp³-hybridized carbons (Fsp3) is 0.667. The van der Waals surface area contributed by atoms with Gasteiger partial charge in [-0.1, -0.05) is 0 Å². The summed E-state index contributed by atoms with van der Waals surface area (Å²) in [7, 11) is 0. The largest absolute Gasteiger partial charge is 0.441 e. The molecule has 0 bridgehead atoms. The predicted octanol–water partition coefficient (Wildman–Crippen LogP) is 2.51. The number of hydrogen-bond acceptors (Lipinski definition) is 5. The lowest BCUT2D eigenvalue weighted by molar-refractivity contribution is -0.0243. The van der Waals surface area contributed by atoms with Crippen LogP contribution < -0.4 is 5.32 Å². The molecule has 3 rings (SSSR count). The highest BCUT2D eigenvalue weighted by atomic mass is 16.6. The van der Waals surface area contributed by atoms with E-state index in [1.54, 1.807) is 24.9 Å². The monoisotopic (exact) mass is 404 g/mol. The van der Waals surface area contributed by atoms with Gasteiger partial charge >= 0.3 is 12.1 Å². The van der Waals surface area contributed by atoms with Crippen LogP contribution in [0.5, 0.6) is 0 Å². The predicted molar refractivity (Wildman–Crippen MR) is 108 cm³/mol. The van der Waals surface area contributed by atoms with Crippen LogP contribution in [-0.2, 0) is 17.8 Å². The second kappa shape index (κ2) is 9.43. The van der Waals surface area contributed by atoms with E-state index >= 15 is 0 Å². The first-order valence-corrected chi connectivity index (χ1v) is 10.4. The summed E-state index contributed by atoms with van der Waals surface area (Å²) in [6.45, 7) is 6.49. The molecule has 0 aliphatic carbocycles. The molecule has 1 aromatic heterocycles. The number of hydrogen-bond donors (Lipinski definition) is 2. The Balaban J connectivity index is 1.29. The van der Waals surface area contributed by atoms with Crippen LogP contribution in [0.2, 0.25) is 0 Å². The van der Waals surface area contributed by atoms with Crippen LogP contribution >= 0.6 is 0 Å². The number of urea groups is 1. The maximum absolute atomic E-state index is 12.3. The van der Waals surface area contributed by atoms with Crippen molar-refractivity contribution in [3.63, 3.8) is 0 Å². The van der Waals surface area contributed by atoms with E-state index in [9.17, 15) is 14.7 Å². The molecule has 0 aromatic carbocycles. The number of ether oxygens (including phenoxy) is 1. The molecule has 3 heterocycles. The van der Waals surface area contributed by atoms with E-state index in [2.05, 4.69) is 10.3 Å². The van der Waals surface area contributed by atoms with E-state index in [1.165, 1.54) is 5.56 Å². The van der Waals surface area contributed by atoms with Gasteiger partial charge in [-0.05, 0) is 62.6 Å². The van der Waals surface area contributed by atoms with Crippen LogP contribution in [-0.4, -0.2) is 63.9 Å². The first kappa shape index (κ1) is 21.4. The average Bonchev–Trinajstić information content (AvgIpc) is 3.15. The molecule has 0 unspecified atom stereocenters. The summed E-state index contributed by atoms with van der Waals surface area (Å²) in [4.78, 5) is 32.1. The second-order valence-electron chi connectivity index (χ2n) is 8.59. The molecule has 1 fully saturated rings. The zero-order valence-electron chi connectivity index (χ0n) is 17.4. The molecule has 0 radical (unpaired) electrons. The smallest absolute Gasteiger partial charge is 0.410 e. The van der Waals surface area contributed by atoms with Crippen LogP contribution in [0.15, 0.2) is 18.5 Å². The minimum atomic E-state index is -0.848. The van der Waals surface area contributed by atoms with Gasteiger partial charge in [0.25, 0.3) is 0 Å². The number of pyridine rings is 1. The number of carbonyl (C=O) groups excluding carboxylic acids is 2. The van der Waals surface area contributed by atoms with Gasteiger partial charge in [-0.25, -0.2) is 9.59 Å². The van der Waals surface area contributed by atoms with Gasteiger partial charge in [-0.3, -0.25) is 4.98 Å². The Morgan fingerprint density at radius 2 is 1.97 bits per heavy atom. The maximum atomic E-state index is 12.3. The van der Waals surface area contributed by atoms with E-state index in [1.807, 2.05) is 17.2 Å². The quantitative estimate of drug-likeness (QED) is 0.711. The number of nitrogens with one attached hydrogen (secondary N) is 1. The van der Waals surface area contributed by atoms with Gasteiger partial charge in [-0.2, -0.15) is 0 Å². The lowest BCUT2D eigenvalue weighted by atomic mass is 9.92. The van der Waals surface area contributed by atoms with Crippen LogP contribution in [0.3, 0.4) is 0 Å². The van der Waals surface area contributed by atoms with E-state index in [0.717, 1.165) is 31.2 Å². The van der Waals surface area contributed by atoms with Crippen molar-refractivity contribution in [3.05, 3.63) is 29.6 Å². The third-order valence-corrected chi connectivity index (χ3v) is 5.70. The SMILES string of the molecule is CC(C)(CO)OC(=O)N1CCC(CCCNC(=O)N2Cc3ccncc3C2)CC1. The van der Waals surface area contributed by atoms with Crippen molar-refractivity contribution >= 4 is 12.1 Å². The van der Waals surface area contributed by atoms with Gasteiger partial charge in [0.1, 0.15) is 5.60 Å². The second-order valence-corrected chi connectivity index (χ2v) is 8.59. The summed E-state index contributed by atoms with van der Waals surface area (Å²) in [6.07, 6.45) is 7.09. The molecule has 1 aromatic rings.